The number of nitrogens with zero attached hydrogens (tertiary/aromatic N) is 2. The number of anilines is 2. The molecule has 0 aliphatic heterocycles. The number of nitrogen functional groups attached to an aromatic ring is 2. The smallest absolute Gasteiger partial charge is 0.339 e. The molecular weight excluding hydrogens is 296 g/mol. The zero-order chi connectivity index (χ0) is 16.6. The van der Waals surface area contributed by atoms with Gasteiger partial charge in [0.05, 0.1) is 18.2 Å². The van der Waals surface area contributed by atoms with Gasteiger partial charge in [-0.15, -0.1) is 0 Å². The second-order valence-electron chi connectivity index (χ2n) is 4.90. The number of ether oxygens (including phenoxy) is 1. The molecule has 7 nitrogen and oxygen atoms in total. The fourth-order valence-corrected chi connectivity index (χ4v) is 2.34. The third-order valence-corrected chi connectivity index (χ3v) is 3.50. The first-order valence-corrected chi connectivity index (χ1v) is 6.78. The van der Waals surface area contributed by atoms with Crippen LogP contribution in [0.25, 0.3) is 5.52 Å². The summed E-state index contributed by atoms with van der Waals surface area (Å²) in [7, 11) is 1.25. The van der Waals surface area contributed by atoms with Crippen molar-refractivity contribution in [1.29, 1.82) is 0 Å². The number of fused-ring (bicyclic) bond motifs is 1. The molecule has 0 aliphatic rings. The van der Waals surface area contributed by atoms with E-state index < -0.39 is 5.97 Å². The molecule has 4 N–H and O–H groups in total. The summed E-state index contributed by atoms with van der Waals surface area (Å²) in [6.07, 6.45) is 1.70. The second kappa shape index (κ2) is 5.45. The van der Waals surface area contributed by atoms with Gasteiger partial charge in [0.25, 0.3) is 0 Å². The van der Waals surface area contributed by atoms with Crippen LogP contribution in [0.1, 0.15) is 26.5 Å². The lowest BCUT2D eigenvalue weighted by Crippen LogP contribution is -2.11. The van der Waals surface area contributed by atoms with E-state index in [9.17, 15) is 9.59 Å². The van der Waals surface area contributed by atoms with Crippen molar-refractivity contribution in [2.24, 2.45) is 0 Å². The van der Waals surface area contributed by atoms with Gasteiger partial charge in [-0.3, -0.25) is 9.20 Å². The summed E-state index contributed by atoms with van der Waals surface area (Å²) in [5.74, 6) is -0.547. The maximum Gasteiger partial charge on any atom is 0.339 e. The number of ketones is 1. The molecule has 2 heterocycles. The summed E-state index contributed by atoms with van der Waals surface area (Å²) in [5.41, 5.74) is 12.9. The molecule has 3 rings (SSSR count). The van der Waals surface area contributed by atoms with E-state index in [1.54, 1.807) is 28.8 Å². The molecule has 2 aromatic heterocycles. The molecule has 0 unspecified atom stereocenters. The van der Waals surface area contributed by atoms with E-state index in [4.69, 9.17) is 11.5 Å². The average Bonchev–Trinajstić information content (AvgIpc) is 2.91. The molecular formula is C16H14N4O3. The minimum Gasteiger partial charge on any atom is -0.465 e. The van der Waals surface area contributed by atoms with Gasteiger partial charge in [-0.1, -0.05) is 6.07 Å². The van der Waals surface area contributed by atoms with Crippen molar-refractivity contribution in [3.05, 3.63) is 59.5 Å². The lowest BCUT2D eigenvalue weighted by molar-refractivity contribution is 0.0602. The van der Waals surface area contributed by atoms with Crippen molar-refractivity contribution in [2.45, 2.75) is 0 Å². The van der Waals surface area contributed by atoms with E-state index in [1.165, 1.54) is 25.3 Å². The van der Waals surface area contributed by atoms with Crippen molar-refractivity contribution in [2.75, 3.05) is 18.6 Å². The largest absolute Gasteiger partial charge is 0.465 e. The Balaban J connectivity index is 2.11. The number of pyridine rings is 1. The SMILES string of the molecule is COC(=O)c1cc(C(=O)c2nc(N)c3ccccn23)ccc1N. The van der Waals surface area contributed by atoms with E-state index in [0.29, 0.717) is 5.52 Å². The van der Waals surface area contributed by atoms with Gasteiger partial charge in [0.2, 0.25) is 5.78 Å². The van der Waals surface area contributed by atoms with Crippen molar-refractivity contribution in [3.63, 3.8) is 0 Å². The van der Waals surface area contributed by atoms with Gasteiger partial charge in [-0.2, -0.15) is 0 Å². The van der Waals surface area contributed by atoms with Crippen molar-refractivity contribution >= 4 is 28.8 Å². The Kier molecular flexibility index (Phi) is 3.46. The Morgan fingerprint density at radius 2 is 1.96 bits per heavy atom. The number of hydrogen-bond acceptors (Lipinski definition) is 6. The van der Waals surface area contributed by atoms with Gasteiger partial charge in [-0.25, -0.2) is 9.78 Å². The normalized spacial score (nSPS) is 10.7. The van der Waals surface area contributed by atoms with Gasteiger partial charge in [-0.05, 0) is 30.3 Å². The van der Waals surface area contributed by atoms with Gasteiger partial charge >= 0.3 is 5.97 Å². The van der Waals surface area contributed by atoms with Gasteiger partial charge in [0.15, 0.2) is 5.82 Å². The van der Waals surface area contributed by atoms with Gasteiger partial charge in [0, 0.05) is 17.4 Å². The number of rotatable bonds is 3. The summed E-state index contributed by atoms with van der Waals surface area (Å²) in [6, 6.07) is 9.75. The molecule has 0 atom stereocenters. The second-order valence-corrected chi connectivity index (χ2v) is 4.90. The highest BCUT2D eigenvalue weighted by Crippen LogP contribution is 2.20. The zero-order valence-corrected chi connectivity index (χ0v) is 12.3. The van der Waals surface area contributed by atoms with Crippen molar-refractivity contribution < 1.29 is 14.3 Å². The highest BCUT2D eigenvalue weighted by molar-refractivity contribution is 6.09. The van der Waals surface area contributed by atoms with Crippen LogP contribution in [0.15, 0.2) is 42.6 Å². The van der Waals surface area contributed by atoms with E-state index in [0.717, 1.165) is 0 Å². The standard InChI is InChI=1S/C16H14N4O3/c1-23-16(22)10-8-9(5-6-11(10)17)13(21)15-19-14(18)12-4-2-3-7-20(12)15/h2-8H,17-18H2,1H3. The topological polar surface area (TPSA) is 113 Å². The van der Waals surface area contributed by atoms with Crippen LogP contribution < -0.4 is 11.5 Å². The number of benzene rings is 1. The maximum atomic E-state index is 12.7. The molecule has 7 heteroatoms. The number of methoxy groups -OCH3 is 1. The van der Waals surface area contributed by atoms with Crippen LogP contribution in [0.5, 0.6) is 0 Å². The van der Waals surface area contributed by atoms with Crippen LogP contribution in [0, 0.1) is 0 Å². The van der Waals surface area contributed by atoms with Crippen LogP contribution in [0.2, 0.25) is 0 Å². The maximum absolute atomic E-state index is 12.7. The Bertz CT molecular complexity index is 930. The highest BCUT2D eigenvalue weighted by atomic mass is 16.5. The lowest BCUT2D eigenvalue weighted by Gasteiger charge is -2.06. The third-order valence-electron chi connectivity index (χ3n) is 3.50. The first kappa shape index (κ1) is 14.6. The number of hydrogen-bond donors (Lipinski definition) is 2. The summed E-state index contributed by atoms with van der Waals surface area (Å²) in [6.45, 7) is 0. The average molecular weight is 310 g/mol. The molecule has 0 saturated heterocycles. The minimum absolute atomic E-state index is 0.132. The zero-order valence-electron chi connectivity index (χ0n) is 12.3. The number of carbonyl (C=O) groups is 2. The monoisotopic (exact) mass is 310 g/mol. The van der Waals surface area contributed by atoms with Gasteiger partial charge < -0.3 is 16.2 Å². The van der Waals surface area contributed by atoms with E-state index in [1.807, 2.05) is 0 Å². The number of aromatic nitrogens is 2. The Labute approximate surface area is 131 Å². The summed E-state index contributed by atoms with van der Waals surface area (Å²) >= 11 is 0. The number of esters is 1. The predicted octanol–water partition coefficient (Wildman–Crippen LogP) is 1.52. The third kappa shape index (κ3) is 2.38. The summed E-state index contributed by atoms with van der Waals surface area (Å²) < 4.78 is 6.26. The molecule has 0 amide bonds. The Hall–Kier alpha value is -3.35. The van der Waals surface area contributed by atoms with Crippen LogP contribution >= 0.6 is 0 Å². The lowest BCUT2D eigenvalue weighted by atomic mass is 10.0. The molecule has 0 fully saturated rings. The Morgan fingerprint density at radius 3 is 2.70 bits per heavy atom. The number of nitrogens with two attached hydrogens (primary N) is 2. The van der Waals surface area contributed by atoms with E-state index in [-0.39, 0.29) is 34.2 Å². The summed E-state index contributed by atoms with van der Waals surface area (Å²) in [4.78, 5) is 28.6. The fraction of sp³-hybridized carbons (Fsp3) is 0.0625. The molecule has 0 aliphatic carbocycles. The molecule has 1 aromatic carbocycles. The van der Waals surface area contributed by atoms with Crippen molar-refractivity contribution in [3.8, 4) is 0 Å². The van der Waals surface area contributed by atoms with E-state index in [2.05, 4.69) is 9.72 Å². The predicted molar refractivity (Wildman–Crippen MR) is 85.2 cm³/mol. The van der Waals surface area contributed by atoms with Gasteiger partial charge in [0.1, 0.15) is 5.82 Å². The first-order chi connectivity index (χ1) is 11.0. The van der Waals surface area contributed by atoms with Crippen LogP contribution in [0.3, 0.4) is 0 Å². The molecule has 0 spiro atoms. The molecule has 0 saturated carbocycles. The quantitative estimate of drug-likeness (QED) is 0.431. The van der Waals surface area contributed by atoms with Crippen LogP contribution in [-0.2, 0) is 4.74 Å². The van der Waals surface area contributed by atoms with Crippen LogP contribution in [-0.4, -0.2) is 28.2 Å². The minimum atomic E-state index is -0.607. The fourth-order valence-electron chi connectivity index (χ4n) is 2.34. The highest BCUT2D eigenvalue weighted by Gasteiger charge is 2.20. The molecule has 116 valence electrons. The molecule has 0 bridgehead atoms. The summed E-state index contributed by atoms with van der Waals surface area (Å²) in [5, 5.41) is 0. The molecule has 0 radical (unpaired) electrons. The molecule has 23 heavy (non-hydrogen) atoms. The first-order valence-electron chi connectivity index (χ1n) is 6.78. The van der Waals surface area contributed by atoms with Crippen LogP contribution in [0.4, 0.5) is 11.5 Å². The number of carbonyl (C=O) groups excluding carboxylic acids is 2. The van der Waals surface area contributed by atoms with Crippen molar-refractivity contribution in [1.82, 2.24) is 9.38 Å². The molecule has 3 aromatic rings. The Morgan fingerprint density at radius 1 is 1.17 bits per heavy atom. The van der Waals surface area contributed by atoms with E-state index >= 15 is 0 Å². The number of imidazole rings is 1.